The van der Waals surface area contributed by atoms with Crippen molar-refractivity contribution in [1.82, 2.24) is 0 Å². The lowest BCUT2D eigenvalue weighted by molar-refractivity contribution is 0.930. The summed E-state index contributed by atoms with van der Waals surface area (Å²) in [7, 11) is 0. The third kappa shape index (κ3) is 1.37. The van der Waals surface area contributed by atoms with Crippen LogP contribution >= 0.6 is 0 Å². The van der Waals surface area contributed by atoms with Crippen molar-refractivity contribution in [2.24, 2.45) is 0 Å². The summed E-state index contributed by atoms with van der Waals surface area (Å²) in [5, 5.41) is 2.81. The first kappa shape index (κ1) is 9.65. The fraction of sp³-hybridized carbons (Fsp3) is 0.250. The molecule has 0 spiro atoms. The van der Waals surface area contributed by atoms with Gasteiger partial charge in [0.1, 0.15) is 0 Å². The molecule has 0 N–H and O–H groups in total. The van der Waals surface area contributed by atoms with Crippen molar-refractivity contribution in [3.63, 3.8) is 0 Å². The third-order valence-electron chi connectivity index (χ3n) is 3.59. The van der Waals surface area contributed by atoms with Crippen LogP contribution in [0.5, 0.6) is 0 Å². The summed E-state index contributed by atoms with van der Waals surface area (Å²) in [5.74, 6) is 0. The van der Waals surface area contributed by atoms with Gasteiger partial charge in [-0.25, -0.2) is 0 Å². The van der Waals surface area contributed by atoms with E-state index in [2.05, 4.69) is 50.3 Å². The first-order chi connectivity index (χ1) is 7.75. The molecule has 0 bridgehead atoms. The highest BCUT2D eigenvalue weighted by molar-refractivity contribution is 5.94. The quantitative estimate of drug-likeness (QED) is 0.598. The molecule has 0 heteroatoms. The fourth-order valence-electron chi connectivity index (χ4n) is 2.62. The summed E-state index contributed by atoms with van der Waals surface area (Å²) in [6.45, 7) is 4.42. The van der Waals surface area contributed by atoms with Gasteiger partial charge >= 0.3 is 0 Å². The molecule has 0 saturated heterocycles. The van der Waals surface area contributed by atoms with Crippen LogP contribution in [-0.4, -0.2) is 0 Å². The van der Waals surface area contributed by atoms with Gasteiger partial charge in [0.15, 0.2) is 0 Å². The minimum atomic E-state index is 1.20. The molecule has 0 heterocycles. The summed E-state index contributed by atoms with van der Waals surface area (Å²) in [6, 6.07) is 11.2. The van der Waals surface area contributed by atoms with Crippen LogP contribution in [0.2, 0.25) is 0 Å². The lowest BCUT2D eigenvalue weighted by Gasteiger charge is -2.17. The minimum Gasteiger partial charge on any atom is -0.0724 e. The predicted octanol–water partition coefficient (Wildman–Crippen LogP) is 4.50. The Bertz CT molecular complexity index is 588. The maximum Gasteiger partial charge on any atom is -0.0106 e. The number of allylic oxidation sites excluding steroid dienone is 1. The lowest BCUT2D eigenvalue weighted by atomic mass is 9.88. The number of aryl methyl sites for hydroxylation is 2. The van der Waals surface area contributed by atoms with Gasteiger partial charge in [0.05, 0.1) is 0 Å². The van der Waals surface area contributed by atoms with Crippen molar-refractivity contribution in [2.75, 3.05) is 0 Å². The van der Waals surface area contributed by atoms with Gasteiger partial charge in [0, 0.05) is 0 Å². The van der Waals surface area contributed by atoms with Gasteiger partial charge in [-0.15, -0.1) is 0 Å². The van der Waals surface area contributed by atoms with Crippen LogP contribution in [-0.2, 0) is 6.42 Å². The topological polar surface area (TPSA) is 0 Å². The molecule has 80 valence electrons. The number of hydrogen-bond acceptors (Lipinski definition) is 0. The standard InChI is InChI=1S/C16H16/c1-11-6-7-13-8-9-14-12(2)4-3-5-15(14)16(13)10-11/h3-5,8-10H,6-7H2,1-2H3. The molecular weight excluding hydrogens is 192 g/mol. The van der Waals surface area contributed by atoms with Gasteiger partial charge in [-0.2, -0.15) is 0 Å². The molecule has 3 rings (SSSR count). The SMILES string of the molecule is CC1=Cc2c(ccc3c(C)cccc23)CC1. The molecule has 0 radical (unpaired) electrons. The van der Waals surface area contributed by atoms with Gasteiger partial charge in [-0.3, -0.25) is 0 Å². The normalized spacial score (nSPS) is 14.8. The molecule has 0 aromatic heterocycles. The number of rotatable bonds is 0. The van der Waals surface area contributed by atoms with Crippen LogP contribution < -0.4 is 0 Å². The fourth-order valence-corrected chi connectivity index (χ4v) is 2.62. The highest BCUT2D eigenvalue weighted by Gasteiger charge is 2.11. The van der Waals surface area contributed by atoms with Crippen LogP contribution in [0.4, 0.5) is 0 Å². The Morgan fingerprint density at radius 1 is 0.875 bits per heavy atom. The first-order valence-corrected chi connectivity index (χ1v) is 5.94. The van der Waals surface area contributed by atoms with Gasteiger partial charge in [-0.1, -0.05) is 42.0 Å². The molecule has 0 fully saturated rings. The molecule has 0 nitrogen and oxygen atoms in total. The Labute approximate surface area is 96.6 Å². The zero-order valence-electron chi connectivity index (χ0n) is 9.88. The minimum absolute atomic E-state index is 1.20. The van der Waals surface area contributed by atoms with E-state index in [0.717, 1.165) is 0 Å². The Balaban J connectivity index is 2.41. The van der Waals surface area contributed by atoms with E-state index in [9.17, 15) is 0 Å². The third-order valence-corrected chi connectivity index (χ3v) is 3.59. The Morgan fingerprint density at radius 2 is 1.75 bits per heavy atom. The van der Waals surface area contributed by atoms with Crippen LogP contribution in [0.25, 0.3) is 16.8 Å². The lowest BCUT2D eigenvalue weighted by Crippen LogP contribution is -1.98. The van der Waals surface area contributed by atoms with Crippen molar-refractivity contribution in [3.8, 4) is 0 Å². The molecule has 16 heavy (non-hydrogen) atoms. The largest absolute Gasteiger partial charge is 0.0724 e. The highest BCUT2D eigenvalue weighted by atomic mass is 14.2. The van der Waals surface area contributed by atoms with E-state index in [1.165, 1.54) is 45.9 Å². The average Bonchev–Trinajstić information content (AvgIpc) is 2.29. The molecule has 0 aliphatic heterocycles. The van der Waals surface area contributed by atoms with Gasteiger partial charge in [0.25, 0.3) is 0 Å². The zero-order chi connectivity index (χ0) is 11.1. The summed E-state index contributed by atoms with van der Waals surface area (Å²) < 4.78 is 0. The summed E-state index contributed by atoms with van der Waals surface area (Å²) >= 11 is 0. The average molecular weight is 208 g/mol. The van der Waals surface area contributed by atoms with E-state index in [1.807, 2.05) is 0 Å². The summed E-state index contributed by atoms with van der Waals surface area (Å²) in [4.78, 5) is 0. The van der Waals surface area contributed by atoms with E-state index in [0.29, 0.717) is 0 Å². The smallest absolute Gasteiger partial charge is 0.0106 e. The van der Waals surface area contributed by atoms with E-state index < -0.39 is 0 Å². The molecule has 2 aromatic rings. The molecule has 1 aliphatic carbocycles. The highest BCUT2D eigenvalue weighted by Crippen LogP contribution is 2.31. The predicted molar refractivity (Wildman–Crippen MR) is 70.7 cm³/mol. The van der Waals surface area contributed by atoms with Crippen molar-refractivity contribution in [1.29, 1.82) is 0 Å². The van der Waals surface area contributed by atoms with E-state index in [4.69, 9.17) is 0 Å². The zero-order valence-corrected chi connectivity index (χ0v) is 9.88. The number of hydrogen-bond donors (Lipinski definition) is 0. The second-order valence-electron chi connectivity index (χ2n) is 4.80. The van der Waals surface area contributed by atoms with E-state index in [-0.39, 0.29) is 0 Å². The van der Waals surface area contributed by atoms with Gasteiger partial charge in [0.2, 0.25) is 0 Å². The van der Waals surface area contributed by atoms with Crippen molar-refractivity contribution in [2.45, 2.75) is 26.7 Å². The second kappa shape index (κ2) is 3.48. The van der Waals surface area contributed by atoms with Crippen LogP contribution in [0.3, 0.4) is 0 Å². The molecule has 0 atom stereocenters. The number of benzene rings is 2. The van der Waals surface area contributed by atoms with E-state index in [1.54, 1.807) is 0 Å². The van der Waals surface area contributed by atoms with Gasteiger partial charge in [-0.05, 0) is 54.2 Å². The Morgan fingerprint density at radius 3 is 2.62 bits per heavy atom. The molecular formula is C16H16. The first-order valence-electron chi connectivity index (χ1n) is 5.94. The molecule has 0 saturated carbocycles. The molecule has 2 aromatic carbocycles. The van der Waals surface area contributed by atoms with Gasteiger partial charge < -0.3 is 0 Å². The summed E-state index contributed by atoms with van der Waals surface area (Å²) in [5.41, 5.74) is 5.83. The van der Waals surface area contributed by atoms with Crippen molar-refractivity contribution < 1.29 is 0 Å². The van der Waals surface area contributed by atoms with Crippen LogP contribution in [0, 0.1) is 6.92 Å². The maximum atomic E-state index is 2.36. The molecule has 1 aliphatic rings. The Kier molecular flexibility index (Phi) is 2.10. The monoisotopic (exact) mass is 208 g/mol. The number of fused-ring (bicyclic) bond motifs is 3. The van der Waals surface area contributed by atoms with Crippen molar-refractivity contribution >= 4 is 16.8 Å². The molecule has 0 amide bonds. The summed E-state index contributed by atoms with van der Waals surface area (Å²) in [6.07, 6.45) is 4.77. The van der Waals surface area contributed by atoms with Crippen molar-refractivity contribution in [3.05, 3.63) is 52.6 Å². The van der Waals surface area contributed by atoms with Crippen LogP contribution in [0.15, 0.2) is 35.9 Å². The molecule has 0 unspecified atom stereocenters. The maximum absolute atomic E-state index is 2.36. The second-order valence-corrected chi connectivity index (χ2v) is 4.80. The van der Waals surface area contributed by atoms with E-state index >= 15 is 0 Å². The Hall–Kier alpha value is -1.56. The van der Waals surface area contributed by atoms with Crippen LogP contribution in [0.1, 0.15) is 30.0 Å².